The lowest BCUT2D eigenvalue weighted by Gasteiger charge is -2.38. The van der Waals surface area contributed by atoms with Crippen molar-refractivity contribution >= 4 is 0 Å². The van der Waals surface area contributed by atoms with E-state index in [1.807, 2.05) is 0 Å². The van der Waals surface area contributed by atoms with E-state index in [1.165, 1.54) is 12.8 Å². The Hall–Kier alpha value is 0. The van der Waals surface area contributed by atoms with E-state index in [1.54, 1.807) is 32.1 Å². The van der Waals surface area contributed by atoms with Gasteiger partial charge in [0, 0.05) is 0 Å². The summed E-state index contributed by atoms with van der Waals surface area (Å²) >= 11 is 0. The fourth-order valence-corrected chi connectivity index (χ4v) is 3.20. The standard InChI is InChI=1S/C11H20/c1-2-9-6-10-4-3-5-11(7-9)8-10/h9-11H,2-8H2,1H3. The number of hydrogen-bond acceptors (Lipinski definition) is 0. The maximum atomic E-state index is 2.37. The summed E-state index contributed by atoms with van der Waals surface area (Å²) < 4.78 is 0. The fourth-order valence-electron chi connectivity index (χ4n) is 3.20. The fraction of sp³-hybridized carbons (Fsp3) is 1.00. The predicted octanol–water partition coefficient (Wildman–Crippen LogP) is 3.61. The van der Waals surface area contributed by atoms with E-state index < -0.39 is 0 Å². The summed E-state index contributed by atoms with van der Waals surface area (Å²) in [4.78, 5) is 0. The summed E-state index contributed by atoms with van der Waals surface area (Å²) in [7, 11) is 0. The summed E-state index contributed by atoms with van der Waals surface area (Å²) in [5, 5.41) is 0. The van der Waals surface area contributed by atoms with E-state index in [2.05, 4.69) is 6.92 Å². The molecule has 0 spiro atoms. The van der Waals surface area contributed by atoms with Gasteiger partial charge in [-0.25, -0.2) is 0 Å². The first-order valence-corrected chi connectivity index (χ1v) is 5.38. The average Bonchev–Trinajstić information content (AvgIpc) is 2.03. The second-order valence-electron chi connectivity index (χ2n) is 4.64. The quantitative estimate of drug-likeness (QED) is 0.538. The molecule has 2 aliphatic rings. The Labute approximate surface area is 70.4 Å². The lowest BCUT2D eigenvalue weighted by molar-refractivity contribution is 0.135. The molecule has 0 N–H and O–H groups in total. The van der Waals surface area contributed by atoms with Crippen molar-refractivity contribution in [3.8, 4) is 0 Å². The second kappa shape index (κ2) is 3.16. The van der Waals surface area contributed by atoms with Crippen LogP contribution in [0, 0.1) is 17.8 Å². The summed E-state index contributed by atoms with van der Waals surface area (Å²) in [6.45, 7) is 2.37. The largest absolute Gasteiger partial charge is 0.0651 e. The third-order valence-corrected chi connectivity index (χ3v) is 3.80. The minimum Gasteiger partial charge on any atom is -0.0651 e. The van der Waals surface area contributed by atoms with Gasteiger partial charge in [-0.05, 0) is 37.0 Å². The zero-order valence-corrected chi connectivity index (χ0v) is 7.68. The molecule has 0 saturated heterocycles. The van der Waals surface area contributed by atoms with Crippen molar-refractivity contribution in [3.63, 3.8) is 0 Å². The van der Waals surface area contributed by atoms with Gasteiger partial charge in [0.1, 0.15) is 0 Å². The van der Waals surface area contributed by atoms with Gasteiger partial charge in [0.25, 0.3) is 0 Å². The Bertz CT molecular complexity index is 116. The molecule has 0 nitrogen and oxygen atoms in total. The predicted molar refractivity (Wildman–Crippen MR) is 48.5 cm³/mol. The summed E-state index contributed by atoms with van der Waals surface area (Å²) in [5.41, 5.74) is 0. The highest BCUT2D eigenvalue weighted by molar-refractivity contribution is 4.82. The van der Waals surface area contributed by atoms with Crippen molar-refractivity contribution in [3.05, 3.63) is 0 Å². The average molecular weight is 152 g/mol. The first-order valence-electron chi connectivity index (χ1n) is 5.38. The topological polar surface area (TPSA) is 0 Å². The second-order valence-corrected chi connectivity index (χ2v) is 4.64. The molecule has 0 heterocycles. The highest BCUT2D eigenvalue weighted by Crippen LogP contribution is 2.43. The molecule has 64 valence electrons. The number of rotatable bonds is 1. The summed E-state index contributed by atoms with van der Waals surface area (Å²) in [6.07, 6.45) is 10.8. The van der Waals surface area contributed by atoms with E-state index in [0.29, 0.717) is 0 Å². The van der Waals surface area contributed by atoms with Gasteiger partial charge in [-0.3, -0.25) is 0 Å². The van der Waals surface area contributed by atoms with Crippen molar-refractivity contribution in [2.75, 3.05) is 0 Å². The van der Waals surface area contributed by atoms with Gasteiger partial charge >= 0.3 is 0 Å². The van der Waals surface area contributed by atoms with Crippen molar-refractivity contribution in [2.24, 2.45) is 17.8 Å². The van der Waals surface area contributed by atoms with Crippen LogP contribution in [0.2, 0.25) is 0 Å². The Kier molecular flexibility index (Phi) is 2.20. The van der Waals surface area contributed by atoms with Gasteiger partial charge in [-0.1, -0.05) is 32.6 Å². The van der Waals surface area contributed by atoms with Gasteiger partial charge in [0.2, 0.25) is 0 Å². The van der Waals surface area contributed by atoms with Crippen molar-refractivity contribution in [1.82, 2.24) is 0 Å². The molecule has 2 unspecified atom stereocenters. The van der Waals surface area contributed by atoms with E-state index in [-0.39, 0.29) is 0 Å². The maximum absolute atomic E-state index is 2.37. The molecule has 11 heavy (non-hydrogen) atoms. The highest BCUT2D eigenvalue weighted by Gasteiger charge is 2.30. The van der Waals surface area contributed by atoms with Crippen molar-refractivity contribution in [2.45, 2.75) is 51.9 Å². The molecule has 2 aliphatic carbocycles. The summed E-state index contributed by atoms with van der Waals surface area (Å²) in [5.74, 6) is 3.36. The highest BCUT2D eigenvalue weighted by atomic mass is 14.4. The molecule has 0 aromatic heterocycles. The molecule has 0 radical (unpaired) electrons. The van der Waals surface area contributed by atoms with Crippen LogP contribution in [0.15, 0.2) is 0 Å². The van der Waals surface area contributed by atoms with Crippen LogP contribution < -0.4 is 0 Å². The van der Waals surface area contributed by atoms with Crippen molar-refractivity contribution < 1.29 is 0 Å². The first kappa shape index (κ1) is 7.64. The molecular formula is C11H20. The zero-order valence-electron chi connectivity index (χ0n) is 7.68. The van der Waals surface area contributed by atoms with E-state index in [4.69, 9.17) is 0 Å². The number of fused-ring (bicyclic) bond motifs is 2. The molecule has 0 amide bonds. The minimum atomic E-state index is 1.10. The molecular weight excluding hydrogens is 132 g/mol. The van der Waals surface area contributed by atoms with Crippen molar-refractivity contribution in [1.29, 1.82) is 0 Å². The van der Waals surface area contributed by atoms with E-state index in [0.717, 1.165) is 17.8 Å². The Morgan fingerprint density at radius 2 is 1.64 bits per heavy atom. The van der Waals surface area contributed by atoms with Crippen LogP contribution in [-0.2, 0) is 0 Å². The molecule has 2 atom stereocenters. The molecule has 2 bridgehead atoms. The third-order valence-electron chi connectivity index (χ3n) is 3.80. The third kappa shape index (κ3) is 1.60. The van der Waals surface area contributed by atoms with Crippen LogP contribution in [0.25, 0.3) is 0 Å². The monoisotopic (exact) mass is 152 g/mol. The number of hydrogen-bond donors (Lipinski definition) is 0. The van der Waals surface area contributed by atoms with Crippen LogP contribution in [0.5, 0.6) is 0 Å². The van der Waals surface area contributed by atoms with Gasteiger partial charge in [-0.15, -0.1) is 0 Å². The molecule has 2 fully saturated rings. The first-order chi connectivity index (χ1) is 5.38. The molecule has 0 aliphatic heterocycles. The van der Waals surface area contributed by atoms with Crippen LogP contribution in [-0.4, -0.2) is 0 Å². The van der Waals surface area contributed by atoms with Gasteiger partial charge in [0.15, 0.2) is 0 Å². The van der Waals surface area contributed by atoms with Crippen LogP contribution >= 0.6 is 0 Å². The van der Waals surface area contributed by atoms with Gasteiger partial charge in [-0.2, -0.15) is 0 Å². The molecule has 0 aromatic carbocycles. The Balaban J connectivity index is 1.94. The van der Waals surface area contributed by atoms with Gasteiger partial charge in [0.05, 0.1) is 0 Å². The SMILES string of the molecule is CCC1CC2CCCC(C1)C2. The molecule has 0 aromatic rings. The lowest BCUT2D eigenvalue weighted by Crippen LogP contribution is -2.26. The maximum Gasteiger partial charge on any atom is -0.0409 e. The van der Waals surface area contributed by atoms with Crippen LogP contribution in [0.1, 0.15) is 51.9 Å². The molecule has 0 heteroatoms. The summed E-state index contributed by atoms with van der Waals surface area (Å²) in [6, 6.07) is 0. The van der Waals surface area contributed by atoms with Gasteiger partial charge < -0.3 is 0 Å². The Morgan fingerprint density at radius 3 is 2.18 bits per heavy atom. The van der Waals surface area contributed by atoms with E-state index in [9.17, 15) is 0 Å². The zero-order chi connectivity index (χ0) is 7.68. The van der Waals surface area contributed by atoms with Crippen LogP contribution in [0.4, 0.5) is 0 Å². The van der Waals surface area contributed by atoms with Crippen LogP contribution in [0.3, 0.4) is 0 Å². The Morgan fingerprint density at radius 1 is 1.00 bits per heavy atom. The molecule has 2 rings (SSSR count). The lowest BCUT2D eigenvalue weighted by atomic mass is 9.67. The molecule has 2 saturated carbocycles. The normalized spacial score (nSPS) is 43.9. The minimum absolute atomic E-state index is 1.10. The van der Waals surface area contributed by atoms with E-state index >= 15 is 0 Å². The smallest absolute Gasteiger partial charge is 0.0409 e.